The first-order valence-corrected chi connectivity index (χ1v) is 12.8. The SMILES string of the molecule is CC1CCN(C(=O)c2cccc(NC(=O)CNc3ccc(OCCCc4ccccc4)cc3)c2)CC1. The van der Waals surface area contributed by atoms with Crippen molar-refractivity contribution in [3.05, 3.63) is 90.0 Å². The van der Waals surface area contributed by atoms with Gasteiger partial charge < -0.3 is 20.3 Å². The van der Waals surface area contributed by atoms with Crippen LogP contribution in [0.5, 0.6) is 5.75 Å². The Morgan fingerprint density at radius 2 is 1.67 bits per heavy atom. The molecule has 1 fully saturated rings. The van der Waals surface area contributed by atoms with Crippen LogP contribution in [0, 0.1) is 5.92 Å². The summed E-state index contributed by atoms with van der Waals surface area (Å²) in [5, 5.41) is 6.01. The molecule has 2 amide bonds. The molecule has 3 aromatic carbocycles. The lowest BCUT2D eigenvalue weighted by molar-refractivity contribution is -0.114. The van der Waals surface area contributed by atoms with Gasteiger partial charge in [-0.2, -0.15) is 0 Å². The number of anilines is 2. The highest BCUT2D eigenvalue weighted by Gasteiger charge is 2.21. The number of amides is 2. The molecule has 3 aromatic rings. The maximum atomic E-state index is 12.8. The number of hydrogen-bond acceptors (Lipinski definition) is 4. The average molecular weight is 486 g/mol. The molecule has 6 nitrogen and oxygen atoms in total. The third-order valence-corrected chi connectivity index (χ3v) is 6.49. The Morgan fingerprint density at radius 3 is 2.42 bits per heavy atom. The van der Waals surface area contributed by atoms with E-state index in [0.29, 0.717) is 23.8 Å². The van der Waals surface area contributed by atoms with Crippen LogP contribution in [0.1, 0.15) is 42.1 Å². The molecule has 1 saturated heterocycles. The van der Waals surface area contributed by atoms with Crippen LogP contribution >= 0.6 is 0 Å². The monoisotopic (exact) mass is 485 g/mol. The third-order valence-electron chi connectivity index (χ3n) is 6.49. The van der Waals surface area contributed by atoms with Crippen LogP contribution in [-0.2, 0) is 11.2 Å². The predicted molar refractivity (Wildman–Crippen MR) is 145 cm³/mol. The molecule has 0 atom stereocenters. The number of hydrogen-bond donors (Lipinski definition) is 2. The predicted octanol–water partition coefficient (Wildman–Crippen LogP) is 5.62. The first-order chi connectivity index (χ1) is 17.6. The molecule has 1 aliphatic heterocycles. The third kappa shape index (κ3) is 7.60. The Bertz CT molecular complexity index is 1120. The molecule has 6 heteroatoms. The highest BCUT2D eigenvalue weighted by Crippen LogP contribution is 2.20. The van der Waals surface area contributed by atoms with Crippen LogP contribution in [0.4, 0.5) is 11.4 Å². The van der Waals surface area contributed by atoms with Crippen LogP contribution in [0.2, 0.25) is 0 Å². The molecule has 0 aliphatic carbocycles. The summed E-state index contributed by atoms with van der Waals surface area (Å²) >= 11 is 0. The lowest BCUT2D eigenvalue weighted by Gasteiger charge is -2.30. The largest absolute Gasteiger partial charge is 0.494 e. The molecular formula is C30H35N3O3. The summed E-state index contributed by atoms with van der Waals surface area (Å²) in [7, 11) is 0. The minimum Gasteiger partial charge on any atom is -0.494 e. The zero-order valence-corrected chi connectivity index (χ0v) is 20.9. The van der Waals surface area contributed by atoms with Gasteiger partial charge in [0.2, 0.25) is 5.91 Å². The summed E-state index contributed by atoms with van der Waals surface area (Å²) in [5.41, 5.74) is 3.38. The molecule has 1 aliphatic rings. The second-order valence-electron chi connectivity index (χ2n) is 9.42. The standard InChI is InChI=1S/C30H35N3O3/c1-23-16-18-33(19-17-23)30(35)25-10-5-11-27(21-25)32-29(34)22-31-26-12-14-28(15-13-26)36-20-6-9-24-7-3-2-4-8-24/h2-5,7-8,10-15,21,23,31H,6,9,16-20,22H2,1H3,(H,32,34). The molecule has 0 saturated carbocycles. The van der Waals surface area contributed by atoms with Crippen molar-refractivity contribution in [1.29, 1.82) is 0 Å². The topological polar surface area (TPSA) is 70.7 Å². The van der Waals surface area contributed by atoms with Crippen molar-refractivity contribution in [3.63, 3.8) is 0 Å². The van der Waals surface area contributed by atoms with Gasteiger partial charge in [-0.05, 0) is 79.6 Å². The van der Waals surface area contributed by atoms with E-state index in [4.69, 9.17) is 4.74 Å². The number of nitrogens with zero attached hydrogens (tertiary/aromatic N) is 1. The Labute approximate surface area is 213 Å². The molecule has 0 bridgehead atoms. The van der Waals surface area contributed by atoms with E-state index >= 15 is 0 Å². The van der Waals surface area contributed by atoms with E-state index in [1.54, 1.807) is 24.3 Å². The van der Waals surface area contributed by atoms with Gasteiger partial charge in [-0.1, -0.05) is 43.3 Å². The van der Waals surface area contributed by atoms with E-state index in [1.165, 1.54) is 5.56 Å². The summed E-state index contributed by atoms with van der Waals surface area (Å²) in [6, 6.07) is 25.2. The van der Waals surface area contributed by atoms with Crippen molar-refractivity contribution in [2.45, 2.75) is 32.6 Å². The molecule has 0 aromatic heterocycles. The van der Waals surface area contributed by atoms with Crippen molar-refractivity contribution in [2.75, 3.05) is 36.9 Å². The fourth-order valence-electron chi connectivity index (χ4n) is 4.29. The molecular weight excluding hydrogens is 450 g/mol. The van der Waals surface area contributed by atoms with Crippen molar-refractivity contribution in [2.24, 2.45) is 5.92 Å². The summed E-state index contributed by atoms with van der Waals surface area (Å²) in [6.45, 7) is 4.58. The van der Waals surface area contributed by atoms with Crippen molar-refractivity contribution in [1.82, 2.24) is 4.90 Å². The van der Waals surface area contributed by atoms with Crippen LogP contribution in [0.25, 0.3) is 0 Å². The Kier molecular flexibility index (Phi) is 8.98. The first-order valence-electron chi connectivity index (χ1n) is 12.8. The number of nitrogens with one attached hydrogen (secondary N) is 2. The smallest absolute Gasteiger partial charge is 0.253 e. The van der Waals surface area contributed by atoms with Crippen LogP contribution < -0.4 is 15.4 Å². The fourth-order valence-corrected chi connectivity index (χ4v) is 4.29. The van der Waals surface area contributed by atoms with Crippen molar-refractivity contribution in [3.8, 4) is 5.75 Å². The molecule has 4 rings (SSSR count). The number of likely N-dealkylation sites (tertiary alicyclic amines) is 1. The molecule has 0 spiro atoms. The van der Waals surface area contributed by atoms with E-state index < -0.39 is 0 Å². The average Bonchev–Trinajstić information content (AvgIpc) is 2.91. The van der Waals surface area contributed by atoms with Gasteiger partial charge in [0.15, 0.2) is 0 Å². The molecule has 2 N–H and O–H groups in total. The maximum Gasteiger partial charge on any atom is 0.253 e. The minimum atomic E-state index is -0.173. The van der Waals surface area contributed by atoms with Crippen molar-refractivity contribution >= 4 is 23.2 Å². The first kappa shape index (κ1) is 25.3. The molecule has 0 radical (unpaired) electrons. The second-order valence-corrected chi connectivity index (χ2v) is 9.42. The quantitative estimate of drug-likeness (QED) is 0.366. The van der Waals surface area contributed by atoms with Crippen LogP contribution in [-0.4, -0.2) is 43.0 Å². The van der Waals surface area contributed by atoms with Crippen LogP contribution in [0.15, 0.2) is 78.9 Å². The normalized spacial score (nSPS) is 13.8. The Balaban J connectivity index is 1.19. The van der Waals surface area contributed by atoms with Gasteiger partial charge in [0.1, 0.15) is 5.75 Å². The number of ether oxygens (including phenoxy) is 1. The van der Waals surface area contributed by atoms with Gasteiger partial charge in [-0.25, -0.2) is 0 Å². The van der Waals surface area contributed by atoms with E-state index in [1.807, 2.05) is 35.2 Å². The molecule has 188 valence electrons. The number of aryl methyl sites for hydroxylation is 1. The molecule has 0 unspecified atom stereocenters. The van der Waals surface area contributed by atoms with Gasteiger partial charge in [0.25, 0.3) is 5.91 Å². The summed E-state index contributed by atoms with van der Waals surface area (Å²) in [4.78, 5) is 27.2. The number of benzene rings is 3. The van der Waals surface area contributed by atoms with Gasteiger partial charge in [0.05, 0.1) is 13.2 Å². The summed E-state index contributed by atoms with van der Waals surface area (Å²) < 4.78 is 5.83. The van der Waals surface area contributed by atoms with E-state index in [9.17, 15) is 9.59 Å². The van der Waals surface area contributed by atoms with Crippen LogP contribution in [0.3, 0.4) is 0 Å². The van der Waals surface area contributed by atoms with Gasteiger partial charge >= 0.3 is 0 Å². The van der Waals surface area contributed by atoms with E-state index in [0.717, 1.165) is 50.2 Å². The fraction of sp³-hybridized carbons (Fsp3) is 0.333. The Morgan fingerprint density at radius 1 is 0.917 bits per heavy atom. The summed E-state index contributed by atoms with van der Waals surface area (Å²) in [5.74, 6) is 1.33. The number of carbonyl (C=O) groups excluding carboxylic acids is 2. The molecule has 36 heavy (non-hydrogen) atoms. The highest BCUT2D eigenvalue weighted by molar-refractivity contribution is 5.98. The number of piperidine rings is 1. The van der Waals surface area contributed by atoms with E-state index in [-0.39, 0.29) is 18.4 Å². The zero-order valence-electron chi connectivity index (χ0n) is 20.9. The number of carbonyl (C=O) groups is 2. The maximum absolute atomic E-state index is 12.8. The van der Waals surface area contributed by atoms with Gasteiger partial charge in [-0.3, -0.25) is 9.59 Å². The number of rotatable bonds is 10. The van der Waals surface area contributed by atoms with Gasteiger partial charge in [-0.15, -0.1) is 0 Å². The van der Waals surface area contributed by atoms with Gasteiger partial charge in [0, 0.05) is 30.0 Å². The van der Waals surface area contributed by atoms with Crippen molar-refractivity contribution < 1.29 is 14.3 Å². The summed E-state index contributed by atoms with van der Waals surface area (Å²) in [6.07, 6.45) is 4.02. The lowest BCUT2D eigenvalue weighted by atomic mass is 9.98. The second kappa shape index (κ2) is 12.8. The molecule has 1 heterocycles. The lowest BCUT2D eigenvalue weighted by Crippen LogP contribution is -2.37. The highest BCUT2D eigenvalue weighted by atomic mass is 16.5. The van der Waals surface area contributed by atoms with E-state index in [2.05, 4.69) is 41.8 Å². The zero-order chi connectivity index (χ0) is 25.2. The Hall–Kier alpha value is -3.80. The minimum absolute atomic E-state index is 0.0264.